The van der Waals surface area contributed by atoms with E-state index in [-0.39, 0.29) is 11.4 Å². The van der Waals surface area contributed by atoms with Gasteiger partial charge in [-0.25, -0.2) is 0 Å². The van der Waals surface area contributed by atoms with Crippen LogP contribution in [-0.2, 0) is 6.42 Å². The topological polar surface area (TPSA) is 72.4 Å². The van der Waals surface area contributed by atoms with Gasteiger partial charge in [-0.2, -0.15) is 0 Å². The van der Waals surface area contributed by atoms with Gasteiger partial charge in [0, 0.05) is 12.2 Å². The predicted molar refractivity (Wildman–Crippen MR) is 79.3 cm³/mol. The average Bonchev–Trinajstić information content (AvgIpc) is 2.46. The van der Waals surface area contributed by atoms with Crippen molar-refractivity contribution in [3.05, 3.63) is 58.1 Å². The maximum atomic E-state index is 11.3. The Labute approximate surface area is 116 Å². The summed E-state index contributed by atoms with van der Waals surface area (Å²) in [4.78, 5) is 12.9. The lowest BCUT2D eigenvalue weighted by molar-refractivity contribution is -0.383. The first-order valence-corrected chi connectivity index (χ1v) is 6.57. The molecule has 0 atom stereocenters. The van der Waals surface area contributed by atoms with Crippen LogP contribution in [0.25, 0.3) is 0 Å². The van der Waals surface area contributed by atoms with Gasteiger partial charge in [0.05, 0.1) is 4.92 Å². The van der Waals surface area contributed by atoms with Gasteiger partial charge in [-0.05, 0) is 36.6 Å². The Kier molecular flexibility index (Phi) is 3.02. The number of aryl methyl sites for hydroxylation is 1. The summed E-state index contributed by atoms with van der Waals surface area (Å²) in [6.45, 7) is 0.765. The Balaban J connectivity index is 2.16. The first-order chi connectivity index (χ1) is 9.68. The second-order valence-electron chi connectivity index (χ2n) is 4.86. The third kappa shape index (κ3) is 1.97. The van der Waals surface area contributed by atoms with Gasteiger partial charge >= 0.3 is 5.69 Å². The van der Waals surface area contributed by atoms with E-state index in [4.69, 9.17) is 5.73 Å². The van der Waals surface area contributed by atoms with E-state index < -0.39 is 4.92 Å². The number of nitro benzene ring substituents is 1. The van der Waals surface area contributed by atoms with Crippen LogP contribution in [0, 0.1) is 10.1 Å². The second kappa shape index (κ2) is 4.85. The van der Waals surface area contributed by atoms with Crippen molar-refractivity contribution in [1.29, 1.82) is 0 Å². The highest BCUT2D eigenvalue weighted by Gasteiger charge is 2.26. The van der Waals surface area contributed by atoms with Crippen molar-refractivity contribution in [3.8, 4) is 0 Å². The minimum atomic E-state index is -0.401. The number of anilines is 3. The molecule has 0 aliphatic carbocycles. The number of nitrogens with two attached hydrogens (primary N) is 1. The van der Waals surface area contributed by atoms with Crippen molar-refractivity contribution >= 4 is 22.7 Å². The number of nitro groups is 1. The molecule has 1 aliphatic heterocycles. The van der Waals surface area contributed by atoms with Gasteiger partial charge in [0.2, 0.25) is 0 Å². The first kappa shape index (κ1) is 12.5. The molecule has 5 heteroatoms. The molecule has 102 valence electrons. The molecule has 20 heavy (non-hydrogen) atoms. The maximum Gasteiger partial charge on any atom is 0.315 e. The molecular weight excluding hydrogens is 254 g/mol. The van der Waals surface area contributed by atoms with E-state index in [1.165, 1.54) is 5.56 Å². The molecule has 2 aromatic rings. The third-order valence-electron chi connectivity index (χ3n) is 3.63. The van der Waals surface area contributed by atoms with Crippen molar-refractivity contribution in [1.82, 2.24) is 0 Å². The molecule has 5 nitrogen and oxygen atoms in total. The van der Waals surface area contributed by atoms with Crippen LogP contribution in [0.2, 0.25) is 0 Å². The third-order valence-corrected chi connectivity index (χ3v) is 3.63. The SMILES string of the molecule is Nc1cccc(N2CCCc3ccccc32)c1[N+](=O)[O-]. The number of fused-ring (bicyclic) bond motifs is 1. The van der Waals surface area contributed by atoms with Gasteiger partial charge in [-0.15, -0.1) is 0 Å². The molecule has 1 heterocycles. The predicted octanol–water partition coefficient (Wildman–Crippen LogP) is 3.26. The average molecular weight is 269 g/mol. The van der Waals surface area contributed by atoms with Crippen molar-refractivity contribution in [3.63, 3.8) is 0 Å². The summed E-state index contributed by atoms with van der Waals surface area (Å²) < 4.78 is 0. The van der Waals surface area contributed by atoms with E-state index >= 15 is 0 Å². The van der Waals surface area contributed by atoms with Crippen molar-refractivity contribution in [2.24, 2.45) is 0 Å². The Bertz CT molecular complexity index is 670. The standard InChI is InChI=1S/C15H15N3O2/c16-12-7-3-9-14(15(12)18(19)20)17-10-4-6-11-5-1-2-8-13(11)17/h1-3,5,7-9H,4,6,10,16H2. The molecule has 0 radical (unpaired) electrons. The second-order valence-corrected chi connectivity index (χ2v) is 4.86. The van der Waals surface area contributed by atoms with E-state index in [1.807, 2.05) is 23.1 Å². The quantitative estimate of drug-likeness (QED) is 0.516. The smallest absolute Gasteiger partial charge is 0.315 e. The highest BCUT2D eigenvalue weighted by molar-refractivity contribution is 5.81. The summed E-state index contributed by atoms with van der Waals surface area (Å²) in [6, 6.07) is 13.1. The monoisotopic (exact) mass is 269 g/mol. The first-order valence-electron chi connectivity index (χ1n) is 6.57. The van der Waals surface area contributed by atoms with Gasteiger partial charge in [0.1, 0.15) is 11.4 Å². The number of nitrogens with zero attached hydrogens (tertiary/aromatic N) is 2. The number of hydrogen-bond acceptors (Lipinski definition) is 4. The fourth-order valence-electron chi connectivity index (χ4n) is 2.75. The van der Waals surface area contributed by atoms with Crippen LogP contribution in [0.1, 0.15) is 12.0 Å². The van der Waals surface area contributed by atoms with E-state index in [0.717, 1.165) is 25.1 Å². The lowest BCUT2D eigenvalue weighted by atomic mass is 10.0. The Morgan fingerprint density at radius 1 is 1.10 bits per heavy atom. The molecule has 0 spiro atoms. The molecule has 0 bridgehead atoms. The van der Waals surface area contributed by atoms with Gasteiger partial charge in [0.15, 0.2) is 0 Å². The summed E-state index contributed by atoms with van der Waals surface area (Å²) in [5, 5.41) is 11.3. The molecule has 1 aliphatic rings. The van der Waals surface area contributed by atoms with Gasteiger partial charge in [-0.1, -0.05) is 24.3 Å². The van der Waals surface area contributed by atoms with Crippen LogP contribution in [0.3, 0.4) is 0 Å². The zero-order valence-electron chi connectivity index (χ0n) is 11.0. The Morgan fingerprint density at radius 3 is 2.65 bits per heavy atom. The van der Waals surface area contributed by atoms with Gasteiger partial charge < -0.3 is 10.6 Å². The van der Waals surface area contributed by atoms with Crippen molar-refractivity contribution in [2.45, 2.75) is 12.8 Å². The molecular formula is C15H15N3O2. The minimum absolute atomic E-state index is 0.01000. The Hall–Kier alpha value is -2.56. The number of benzene rings is 2. The van der Waals surface area contributed by atoms with Crippen LogP contribution in [0.5, 0.6) is 0 Å². The van der Waals surface area contributed by atoms with E-state index in [2.05, 4.69) is 6.07 Å². The summed E-state index contributed by atoms with van der Waals surface area (Å²) in [6.07, 6.45) is 1.98. The number of rotatable bonds is 2. The van der Waals surface area contributed by atoms with Gasteiger partial charge in [-0.3, -0.25) is 10.1 Å². The number of hydrogen-bond donors (Lipinski definition) is 1. The summed E-state index contributed by atoms with van der Waals surface area (Å²) >= 11 is 0. The minimum Gasteiger partial charge on any atom is -0.393 e. The van der Waals surface area contributed by atoms with Crippen LogP contribution in [0.4, 0.5) is 22.7 Å². The molecule has 2 aromatic carbocycles. The maximum absolute atomic E-state index is 11.3. The van der Waals surface area contributed by atoms with Crippen molar-refractivity contribution in [2.75, 3.05) is 17.2 Å². The van der Waals surface area contributed by atoms with E-state index in [0.29, 0.717) is 5.69 Å². The number of para-hydroxylation sites is 2. The van der Waals surface area contributed by atoms with Crippen LogP contribution < -0.4 is 10.6 Å². The fraction of sp³-hybridized carbons (Fsp3) is 0.200. The normalized spacial score (nSPS) is 13.9. The van der Waals surface area contributed by atoms with Crippen LogP contribution >= 0.6 is 0 Å². The number of nitrogen functional groups attached to an aromatic ring is 1. The van der Waals surface area contributed by atoms with Crippen molar-refractivity contribution < 1.29 is 4.92 Å². The summed E-state index contributed by atoms with van der Waals surface area (Å²) in [5.74, 6) is 0. The summed E-state index contributed by atoms with van der Waals surface area (Å²) in [7, 11) is 0. The van der Waals surface area contributed by atoms with Gasteiger partial charge in [0.25, 0.3) is 0 Å². The van der Waals surface area contributed by atoms with E-state index in [1.54, 1.807) is 18.2 Å². The molecule has 0 saturated carbocycles. The molecule has 0 aromatic heterocycles. The zero-order valence-corrected chi connectivity index (χ0v) is 11.0. The molecule has 2 N–H and O–H groups in total. The molecule has 0 saturated heterocycles. The molecule has 0 unspecified atom stereocenters. The molecule has 0 fully saturated rings. The molecule has 3 rings (SSSR count). The lowest BCUT2D eigenvalue weighted by Crippen LogP contribution is -2.25. The van der Waals surface area contributed by atoms with Crippen LogP contribution in [0.15, 0.2) is 42.5 Å². The lowest BCUT2D eigenvalue weighted by Gasteiger charge is -2.31. The highest BCUT2D eigenvalue weighted by atomic mass is 16.6. The molecule has 0 amide bonds. The van der Waals surface area contributed by atoms with E-state index in [9.17, 15) is 10.1 Å². The Morgan fingerprint density at radius 2 is 1.85 bits per heavy atom. The zero-order chi connectivity index (χ0) is 14.1. The fourth-order valence-corrected chi connectivity index (χ4v) is 2.75. The summed E-state index contributed by atoms with van der Waals surface area (Å²) in [5.41, 5.74) is 8.80. The highest BCUT2D eigenvalue weighted by Crippen LogP contribution is 2.40. The largest absolute Gasteiger partial charge is 0.393 e. The van der Waals surface area contributed by atoms with Crippen LogP contribution in [-0.4, -0.2) is 11.5 Å².